The molecule has 0 bridgehead atoms. The molecule has 0 aliphatic carbocycles. The van der Waals surface area contributed by atoms with Crippen molar-refractivity contribution >= 4 is 41.6 Å². The van der Waals surface area contributed by atoms with Crippen LogP contribution in [0.25, 0.3) is 0 Å². The lowest BCUT2D eigenvalue weighted by Crippen LogP contribution is -2.71. The van der Waals surface area contributed by atoms with Gasteiger partial charge in [0.1, 0.15) is 35.4 Å². The van der Waals surface area contributed by atoms with E-state index in [9.17, 15) is 34.2 Å². The van der Waals surface area contributed by atoms with E-state index in [1.807, 2.05) is 0 Å². The summed E-state index contributed by atoms with van der Waals surface area (Å²) < 4.78 is 10.2. The molecule has 200 valence electrons. The third-order valence-corrected chi connectivity index (χ3v) is 6.76. The highest BCUT2D eigenvalue weighted by Gasteiger charge is 2.54. The predicted molar refractivity (Wildman–Crippen MR) is 131 cm³/mol. The fourth-order valence-electron chi connectivity index (χ4n) is 3.76. The monoisotopic (exact) mass is 535 g/mol. The number of rotatable bonds is 8. The van der Waals surface area contributed by atoms with Crippen molar-refractivity contribution in [3.63, 3.8) is 0 Å². The van der Waals surface area contributed by atoms with Crippen molar-refractivity contribution in [2.45, 2.75) is 57.4 Å². The highest BCUT2D eigenvalue weighted by atomic mass is 32.2. The Bertz CT molecular complexity index is 1130. The van der Waals surface area contributed by atoms with E-state index in [1.54, 1.807) is 45.0 Å². The van der Waals surface area contributed by atoms with Crippen molar-refractivity contribution in [2.75, 3.05) is 12.4 Å². The molecule has 0 saturated carbocycles. The average molecular weight is 536 g/mol. The first kappa shape index (κ1) is 28.0. The van der Waals surface area contributed by atoms with Crippen LogP contribution in [-0.2, 0) is 35.3 Å². The SMILES string of the molecule is CC(=O)OCC1=C(C(=O)O)N2C(=O)[C@@H](NC(=O)C(NC(=O)OC(C)(C)C)c3ccc(CO)cc3)[C@H]2SC1. The van der Waals surface area contributed by atoms with E-state index in [-0.39, 0.29) is 30.2 Å². The van der Waals surface area contributed by atoms with Gasteiger partial charge in [0.05, 0.1) is 6.61 Å². The maximum Gasteiger partial charge on any atom is 0.408 e. The standard InChI is InChI=1S/C24H29N3O9S/c1-12(29)35-10-15-11-37-21-17(20(31)27(21)18(15)22(32)33)25-19(30)16(26-23(34)36-24(2,3)4)14-7-5-13(9-28)6-8-14/h5-8,16-17,21,28H,9-11H2,1-4H3,(H,25,30)(H,26,34)(H,32,33)/t16?,17-,21-/m1/s1. The van der Waals surface area contributed by atoms with Crippen molar-refractivity contribution in [1.29, 1.82) is 0 Å². The summed E-state index contributed by atoms with van der Waals surface area (Å²) in [4.78, 5) is 62.8. The van der Waals surface area contributed by atoms with Crippen LogP contribution in [0.4, 0.5) is 4.79 Å². The fourth-order valence-corrected chi connectivity index (χ4v) is 5.09. The number of aliphatic hydroxyl groups excluding tert-OH is 1. The molecule has 12 nitrogen and oxygen atoms in total. The number of nitrogens with zero attached hydrogens (tertiary/aromatic N) is 1. The molecule has 3 amide bonds. The molecule has 3 atom stereocenters. The second-order valence-electron chi connectivity index (χ2n) is 9.41. The lowest BCUT2D eigenvalue weighted by Gasteiger charge is -2.49. The zero-order valence-electron chi connectivity index (χ0n) is 20.8. The van der Waals surface area contributed by atoms with Crippen molar-refractivity contribution < 1.29 is 43.7 Å². The highest BCUT2D eigenvalue weighted by Crippen LogP contribution is 2.40. The van der Waals surface area contributed by atoms with E-state index < -0.39 is 52.9 Å². The summed E-state index contributed by atoms with van der Waals surface area (Å²) in [6.07, 6.45) is -0.848. The molecule has 1 aromatic carbocycles. The number of hydrogen-bond acceptors (Lipinski definition) is 9. The summed E-state index contributed by atoms with van der Waals surface area (Å²) in [6.45, 7) is 5.73. The Morgan fingerprint density at radius 3 is 2.38 bits per heavy atom. The van der Waals surface area contributed by atoms with Crippen LogP contribution in [0.5, 0.6) is 0 Å². The summed E-state index contributed by atoms with van der Waals surface area (Å²) in [6, 6.07) is 4.03. The third-order valence-electron chi connectivity index (χ3n) is 5.42. The smallest absolute Gasteiger partial charge is 0.408 e. The van der Waals surface area contributed by atoms with Gasteiger partial charge in [-0.3, -0.25) is 19.3 Å². The molecule has 2 aliphatic heterocycles. The number of carbonyl (C=O) groups excluding carboxylic acids is 4. The number of carbonyl (C=O) groups is 5. The number of carboxylic acids is 1. The number of amides is 3. The van der Waals surface area contributed by atoms with Gasteiger partial charge in [-0.1, -0.05) is 24.3 Å². The maximum atomic E-state index is 13.3. The summed E-state index contributed by atoms with van der Waals surface area (Å²) in [5.74, 6) is -3.10. The van der Waals surface area contributed by atoms with Crippen LogP contribution in [0.3, 0.4) is 0 Å². The Morgan fingerprint density at radius 2 is 1.84 bits per heavy atom. The molecule has 0 aromatic heterocycles. The number of hydrogen-bond donors (Lipinski definition) is 4. The van der Waals surface area contributed by atoms with Gasteiger partial charge < -0.3 is 30.3 Å². The Balaban J connectivity index is 1.80. The Morgan fingerprint density at radius 1 is 1.19 bits per heavy atom. The van der Waals surface area contributed by atoms with E-state index in [0.29, 0.717) is 11.1 Å². The number of ether oxygens (including phenoxy) is 2. The van der Waals surface area contributed by atoms with Crippen molar-refractivity contribution in [2.24, 2.45) is 0 Å². The molecule has 1 aromatic rings. The van der Waals surface area contributed by atoms with Crippen LogP contribution < -0.4 is 10.6 Å². The molecular weight excluding hydrogens is 506 g/mol. The van der Waals surface area contributed by atoms with Gasteiger partial charge in [-0.2, -0.15) is 0 Å². The van der Waals surface area contributed by atoms with Crippen LogP contribution in [-0.4, -0.2) is 74.3 Å². The van der Waals surface area contributed by atoms with Crippen LogP contribution in [0, 0.1) is 0 Å². The third kappa shape index (κ3) is 6.60. The molecule has 3 rings (SSSR count). The van der Waals surface area contributed by atoms with Crippen LogP contribution in [0.2, 0.25) is 0 Å². The van der Waals surface area contributed by atoms with E-state index >= 15 is 0 Å². The molecule has 1 unspecified atom stereocenters. The minimum Gasteiger partial charge on any atom is -0.477 e. The number of esters is 1. The predicted octanol–water partition coefficient (Wildman–Crippen LogP) is 1.05. The molecule has 4 N–H and O–H groups in total. The number of carboxylic acid groups (broad SMARTS) is 1. The number of thioether (sulfide) groups is 1. The zero-order valence-corrected chi connectivity index (χ0v) is 21.6. The van der Waals surface area contributed by atoms with Crippen LogP contribution in [0.15, 0.2) is 35.5 Å². The number of aliphatic carboxylic acids is 1. The summed E-state index contributed by atoms with van der Waals surface area (Å²) in [5, 5.41) is 23.4. The van der Waals surface area contributed by atoms with Gasteiger partial charge in [0.15, 0.2) is 0 Å². The fraction of sp³-hybridized carbons (Fsp3) is 0.458. The number of alkyl carbamates (subject to hydrolysis) is 1. The Labute approximate surface area is 217 Å². The van der Waals surface area contributed by atoms with Crippen molar-refractivity contribution in [3.05, 3.63) is 46.7 Å². The number of nitrogens with one attached hydrogen (secondary N) is 2. The van der Waals surface area contributed by atoms with Gasteiger partial charge in [-0.25, -0.2) is 9.59 Å². The lowest BCUT2D eigenvalue weighted by molar-refractivity contribution is -0.151. The summed E-state index contributed by atoms with van der Waals surface area (Å²) in [5.41, 5.74) is 0.161. The molecule has 1 saturated heterocycles. The molecule has 37 heavy (non-hydrogen) atoms. The Kier molecular flexibility index (Phi) is 8.49. The highest BCUT2D eigenvalue weighted by molar-refractivity contribution is 8.00. The summed E-state index contributed by atoms with van der Waals surface area (Å²) >= 11 is 1.22. The second kappa shape index (κ2) is 11.2. The van der Waals surface area contributed by atoms with E-state index in [2.05, 4.69) is 10.6 Å². The lowest BCUT2D eigenvalue weighted by atomic mass is 10.0. The topological polar surface area (TPSA) is 172 Å². The quantitative estimate of drug-likeness (QED) is 0.278. The van der Waals surface area contributed by atoms with Crippen molar-refractivity contribution in [1.82, 2.24) is 15.5 Å². The first-order valence-electron chi connectivity index (χ1n) is 11.4. The van der Waals surface area contributed by atoms with Gasteiger partial charge >= 0.3 is 18.0 Å². The minimum absolute atomic E-state index is 0.179. The van der Waals surface area contributed by atoms with Crippen molar-refractivity contribution in [3.8, 4) is 0 Å². The van der Waals surface area contributed by atoms with Gasteiger partial charge in [0, 0.05) is 18.2 Å². The second-order valence-corrected chi connectivity index (χ2v) is 10.5. The molecule has 2 aliphatic rings. The average Bonchev–Trinajstić information content (AvgIpc) is 2.82. The van der Waals surface area contributed by atoms with E-state index in [4.69, 9.17) is 9.47 Å². The number of fused-ring (bicyclic) bond motifs is 1. The maximum absolute atomic E-state index is 13.3. The largest absolute Gasteiger partial charge is 0.477 e. The molecule has 0 radical (unpaired) electrons. The van der Waals surface area contributed by atoms with Crippen LogP contribution >= 0.6 is 11.8 Å². The van der Waals surface area contributed by atoms with E-state index in [1.165, 1.54) is 18.7 Å². The van der Waals surface area contributed by atoms with Gasteiger partial charge in [0.2, 0.25) is 5.91 Å². The van der Waals surface area contributed by atoms with Gasteiger partial charge in [0.25, 0.3) is 5.91 Å². The van der Waals surface area contributed by atoms with Gasteiger partial charge in [-0.15, -0.1) is 11.8 Å². The zero-order chi connectivity index (χ0) is 27.5. The van der Waals surface area contributed by atoms with E-state index in [0.717, 1.165) is 4.90 Å². The number of benzene rings is 1. The van der Waals surface area contributed by atoms with Crippen LogP contribution in [0.1, 0.15) is 44.9 Å². The first-order chi connectivity index (χ1) is 17.3. The minimum atomic E-state index is -1.35. The normalized spacial score (nSPS) is 19.8. The summed E-state index contributed by atoms with van der Waals surface area (Å²) in [7, 11) is 0. The number of aliphatic hydroxyl groups is 1. The number of β-lactam (4-membered cyclic amide) rings is 1. The molecule has 13 heteroatoms. The molecule has 0 spiro atoms. The molecule has 1 fully saturated rings. The Hall–Kier alpha value is -3.58. The first-order valence-corrected chi connectivity index (χ1v) is 12.4. The van der Waals surface area contributed by atoms with Gasteiger partial charge in [-0.05, 0) is 31.9 Å². The molecular formula is C24H29N3O9S. The molecule has 2 heterocycles.